The lowest BCUT2D eigenvalue weighted by Gasteiger charge is -2.14. The summed E-state index contributed by atoms with van der Waals surface area (Å²) in [6, 6.07) is 40.6. The van der Waals surface area contributed by atoms with Crippen LogP contribution in [0.1, 0.15) is 80.4 Å². The predicted molar refractivity (Wildman–Crippen MR) is 267 cm³/mol. The van der Waals surface area contributed by atoms with E-state index in [1.165, 1.54) is 36.7 Å². The number of aromatic nitrogens is 1. The van der Waals surface area contributed by atoms with E-state index in [0.29, 0.717) is 43.7 Å². The molecule has 0 spiro atoms. The molecule has 0 radical (unpaired) electrons. The van der Waals surface area contributed by atoms with Crippen molar-refractivity contribution in [3.8, 4) is 5.75 Å². The number of nitrogens with zero attached hydrogens (tertiary/aromatic N) is 2. The third kappa shape index (κ3) is 14.4. The Morgan fingerprint density at radius 3 is 1.56 bits per heavy atom. The predicted octanol–water partition coefficient (Wildman–Crippen LogP) is 10.8. The summed E-state index contributed by atoms with van der Waals surface area (Å²) in [6.07, 6.45) is 5.10. The lowest BCUT2D eigenvalue weighted by atomic mass is 9.98. The number of ether oxygens (including phenoxy) is 1. The van der Waals surface area contributed by atoms with Gasteiger partial charge in [-0.15, -0.1) is 0 Å². The first-order valence-electron chi connectivity index (χ1n) is 22.3. The number of benzene rings is 5. The smallest absolute Gasteiger partial charge is 0.274 e. The highest BCUT2D eigenvalue weighted by Gasteiger charge is 2.23. The largest absolute Gasteiger partial charge is 0.489 e. The lowest BCUT2D eigenvalue weighted by Crippen LogP contribution is -2.19. The molecule has 3 atom stereocenters. The minimum atomic E-state index is -0.234. The van der Waals surface area contributed by atoms with Gasteiger partial charge in [0.2, 0.25) is 0 Å². The Balaban J connectivity index is 0.000000147. The van der Waals surface area contributed by atoms with Crippen LogP contribution in [-0.2, 0) is 0 Å². The second-order valence-corrected chi connectivity index (χ2v) is 17.6. The van der Waals surface area contributed by atoms with Crippen molar-refractivity contribution in [2.24, 2.45) is 0 Å². The van der Waals surface area contributed by atoms with Crippen LogP contribution in [0.4, 0.5) is 17.1 Å². The zero-order valence-electron chi connectivity index (χ0n) is 36.7. The van der Waals surface area contributed by atoms with Crippen molar-refractivity contribution < 1.29 is 19.1 Å². The van der Waals surface area contributed by atoms with Crippen LogP contribution in [0, 0.1) is 0 Å². The maximum Gasteiger partial charge on any atom is 0.274 e. The van der Waals surface area contributed by atoms with Crippen molar-refractivity contribution in [2.45, 2.75) is 44.1 Å². The fourth-order valence-corrected chi connectivity index (χ4v) is 8.22. The van der Waals surface area contributed by atoms with Gasteiger partial charge in [-0.1, -0.05) is 66.0 Å². The van der Waals surface area contributed by atoms with E-state index < -0.39 is 0 Å². The Labute approximate surface area is 401 Å². The SMILES string of the molecule is CCN1CCC(c2ccc(NC(=O)c3ccc(Cl)cc3)cc2)C1.O=C(Nc1ccc(C2CCNC2)cc1)c1ccc(Cl)cn1.O=C(Nc1ccc(OC2CCNC2)cc1)c1ccc(Cl)cc1. The highest BCUT2D eigenvalue weighted by atomic mass is 35.5. The van der Waals surface area contributed by atoms with E-state index in [-0.39, 0.29) is 23.8 Å². The van der Waals surface area contributed by atoms with Crippen molar-refractivity contribution in [3.05, 3.63) is 183 Å². The third-order valence-corrected chi connectivity index (χ3v) is 12.4. The fourth-order valence-electron chi connectivity index (χ4n) is 7.86. The number of hydrogen-bond acceptors (Lipinski definition) is 8. The summed E-state index contributed by atoms with van der Waals surface area (Å²) in [5.74, 6) is 1.49. The molecule has 6 aromatic rings. The molecular weight excluding hydrogens is 893 g/mol. The van der Waals surface area contributed by atoms with Crippen molar-refractivity contribution in [3.63, 3.8) is 0 Å². The van der Waals surface area contributed by atoms with Crippen LogP contribution in [-0.4, -0.2) is 79.5 Å². The maximum atomic E-state index is 12.2. The number of carbonyl (C=O) groups excluding carboxylic acids is 3. The van der Waals surface area contributed by atoms with E-state index in [2.05, 4.69) is 67.7 Å². The summed E-state index contributed by atoms with van der Waals surface area (Å²) < 4.78 is 5.84. The normalized spacial score (nSPS) is 17.7. The molecule has 1 aromatic heterocycles. The number of rotatable bonds is 11. The topological polar surface area (TPSA) is 137 Å². The molecule has 4 heterocycles. The van der Waals surface area contributed by atoms with Crippen molar-refractivity contribution in [1.29, 1.82) is 0 Å². The average molecular weight is 947 g/mol. The molecule has 14 heteroatoms. The average Bonchev–Trinajstić information content (AvgIpc) is 4.17. The number of nitrogens with one attached hydrogen (secondary N) is 5. The molecule has 5 N–H and O–H groups in total. The Hall–Kier alpha value is -5.79. The fraction of sp³-hybridized carbons (Fsp3) is 0.269. The van der Waals surface area contributed by atoms with E-state index in [4.69, 9.17) is 39.5 Å². The molecule has 3 unspecified atom stereocenters. The van der Waals surface area contributed by atoms with Crippen molar-refractivity contribution in [1.82, 2.24) is 20.5 Å². The minimum Gasteiger partial charge on any atom is -0.489 e. The van der Waals surface area contributed by atoms with Crippen LogP contribution in [0.2, 0.25) is 15.1 Å². The summed E-state index contributed by atoms with van der Waals surface area (Å²) in [4.78, 5) is 42.8. The van der Waals surface area contributed by atoms with Crippen molar-refractivity contribution in [2.75, 3.05) is 61.8 Å². The van der Waals surface area contributed by atoms with Crippen LogP contribution in [0.25, 0.3) is 0 Å². The first-order valence-corrected chi connectivity index (χ1v) is 23.4. The van der Waals surface area contributed by atoms with Gasteiger partial charge in [-0.25, -0.2) is 4.98 Å². The number of likely N-dealkylation sites (N-methyl/N-ethyl adjacent to an activating group) is 1. The van der Waals surface area contributed by atoms with Gasteiger partial charge in [-0.05, 0) is 178 Å². The summed E-state index contributed by atoms with van der Waals surface area (Å²) in [5.41, 5.74) is 6.51. The van der Waals surface area contributed by atoms with E-state index in [9.17, 15) is 14.4 Å². The van der Waals surface area contributed by atoms with Gasteiger partial charge in [-0.3, -0.25) is 14.4 Å². The molecule has 3 fully saturated rings. The highest BCUT2D eigenvalue weighted by Crippen LogP contribution is 2.28. The number of halogens is 3. The number of pyridine rings is 1. The molecule has 0 saturated carbocycles. The third-order valence-electron chi connectivity index (χ3n) is 11.7. The molecule has 3 amide bonds. The van der Waals surface area contributed by atoms with Gasteiger partial charge in [0.1, 0.15) is 17.5 Å². The van der Waals surface area contributed by atoms with Crippen LogP contribution < -0.4 is 31.3 Å². The Bertz CT molecular complexity index is 2480. The molecule has 3 saturated heterocycles. The van der Waals surface area contributed by atoms with Gasteiger partial charge < -0.3 is 36.2 Å². The first kappa shape index (κ1) is 48.2. The molecule has 3 aliphatic rings. The first-order chi connectivity index (χ1) is 32.1. The summed E-state index contributed by atoms with van der Waals surface area (Å²) >= 11 is 17.4. The Morgan fingerprint density at radius 2 is 1.09 bits per heavy atom. The van der Waals surface area contributed by atoms with E-state index in [0.717, 1.165) is 68.5 Å². The van der Waals surface area contributed by atoms with Crippen LogP contribution in [0.3, 0.4) is 0 Å². The highest BCUT2D eigenvalue weighted by molar-refractivity contribution is 6.31. The summed E-state index contributed by atoms with van der Waals surface area (Å²) in [7, 11) is 0. The minimum absolute atomic E-state index is 0.118. The van der Waals surface area contributed by atoms with Crippen LogP contribution in [0.15, 0.2) is 140 Å². The molecule has 342 valence electrons. The van der Waals surface area contributed by atoms with Gasteiger partial charge in [0.15, 0.2) is 0 Å². The standard InChI is InChI=1S/C19H21ClN2O.C17H17ClN2O2.C16H16ClN3O/c1-2-22-12-11-16(13-22)14-5-9-18(10-6-14)21-19(23)15-3-7-17(20)8-4-15;18-13-3-1-12(2-4-13)17(21)20-14-5-7-15(8-6-14)22-16-9-10-19-11-16;17-13-3-6-15(19-10-13)16(21)20-14-4-1-11(2-5-14)12-7-8-18-9-12/h3-10,16H,2,11-13H2,1H3,(H,21,23);1-8,16,19H,9-11H2,(H,20,21);1-6,10,12,18H,7-9H2,(H,20,21). The molecule has 5 aromatic carbocycles. The van der Waals surface area contributed by atoms with E-state index in [1.807, 2.05) is 48.5 Å². The second-order valence-electron chi connectivity index (χ2n) is 16.3. The Kier molecular flexibility index (Phi) is 17.6. The number of amides is 3. The van der Waals surface area contributed by atoms with Gasteiger partial charge in [0.05, 0.1) is 5.02 Å². The molecule has 0 aliphatic carbocycles. The second kappa shape index (κ2) is 24.1. The molecule has 3 aliphatic heterocycles. The molecular formula is C52H54Cl3N7O4. The molecule has 0 bridgehead atoms. The monoisotopic (exact) mass is 945 g/mol. The maximum absolute atomic E-state index is 12.2. The van der Waals surface area contributed by atoms with Crippen molar-refractivity contribution >= 4 is 69.6 Å². The number of carbonyl (C=O) groups is 3. The molecule has 11 nitrogen and oxygen atoms in total. The number of anilines is 3. The Morgan fingerprint density at radius 1 is 0.591 bits per heavy atom. The van der Waals surface area contributed by atoms with Crippen LogP contribution in [0.5, 0.6) is 5.75 Å². The number of hydrogen-bond donors (Lipinski definition) is 5. The molecule has 66 heavy (non-hydrogen) atoms. The summed E-state index contributed by atoms with van der Waals surface area (Å²) in [6.45, 7) is 9.62. The van der Waals surface area contributed by atoms with E-state index >= 15 is 0 Å². The van der Waals surface area contributed by atoms with Gasteiger partial charge in [-0.2, -0.15) is 0 Å². The zero-order valence-corrected chi connectivity index (χ0v) is 39.0. The van der Waals surface area contributed by atoms with Gasteiger partial charge >= 0.3 is 0 Å². The van der Waals surface area contributed by atoms with Crippen LogP contribution >= 0.6 is 34.8 Å². The summed E-state index contributed by atoms with van der Waals surface area (Å²) in [5, 5.41) is 17.0. The van der Waals surface area contributed by atoms with Gasteiger partial charge in [0, 0.05) is 64.1 Å². The lowest BCUT2D eigenvalue weighted by molar-refractivity contribution is 0.101. The van der Waals surface area contributed by atoms with E-state index in [1.54, 1.807) is 60.7 Å². The molecule has 9 rings (SSSR count). The van der Waals surface area contributed by atoms with Gasteiger partial charge in [0.25, 0.3) is 17.7 Å². The number of likely N-dealkylation sites (tertiary alicyclic amines) is 1. The zero-order chi connectivity index (χ0) is 46.3. The quantitative estimate of drug-likeness (QED) is 0.0866.